The van der Waals surface area contributed by atoms with Gasteiger partial charge >= 0.3 is 0 Å². The number of hydrogen-bond acceptors (Lipinski definition) is 3. The molecule has 0 aromatic rings. The predicted molar refractivity (Wildman–Crippen MR) is 58.7 cm³/mol. The number of carbonyl (C=O) groups is 1. The second kappa shape index (κ2) is 3.42. The highest BCUT2D eigenvalue weighted by Crippen LogP contribution is 2.36. The van der Waals surface area contributed by atoms with Crippen molar-refractivity contribution < 1.29 is 4.79 Å². The van der Waals surface area contributed by atoms with E-state index < -0.39 is 0 Å². The average Bonchev–Trinajstić information content (AvgIpc) is 2.64. The fourth-order valence-electron chi connectivity index (χ4n) is 2.83. The largest absolute Gasteiger partial charge is 0.312 e. The summed E-state index contributed by atoms with van der Waals surface area (Å²) in [6.45, 7) is 2.01. The zero-order valence-electron chi connectivity index (χ0n) is 8.57. The number of allylic oxidation sites excluding steroid dienone is 2. The fraction of sp³-hybridized carbons (Fsp3) is 0.500. The maximum Gasteiger partial charge on any atom is 0.164 e. The van der Waals surface area contributed by atoms with E-state index in [2.05, 4.69) is 10.3 Å². The number of fused-ring (bicyclic) bond motifs is 2. The summed E-state index contributed by atoms with van der Waals surface area (Å²) in [5.74, 6) is 0.951. The summed E-state index contributed by atoms with van der Waals surface area (Å²) in [5, 5.41) is 3.38. The van der Waals surface area contributed by atoms with Gasteiger partial charge in [0.2, 0.25) is 0 Å². The molecule has 2 heterocycles. The SMILES string of the molecule is O=C1C=CN=CC2=C3CNCC3CCC12. The van der Waals surface area contributed by atoms with Crippen LogP contribution in [0.2, 0.25) is 0 Å². The number of hydrogen-bond donors (Lipinski definition) is 1. The molecule has 15 heavy (non-hydrogen) atoms. The molecule has 0 radical (unpaired) electrons. The molecule has 0 bridgehead atoms. The molecule has 0 aromatic carbocycles. The van der Waals surface area contributed by atoms with Crippen LogP contribution in [0.25, 0.3) is 0 Å². The van der Waals surface area contributed by atoms with Crippen molar-refractivity contribution in [1.29, 1.82) is 0 Å². The van der Waals surface area contributed by atoms with Crippen LogP contribution in [-0.2, 0) is 4.79 Å². The van der Waals surface area contributed by atoms with E-state index in [0.29, 0.717) is 5.92 Å². The van der Waals surface area contributed by atoms with Crippen molar-refractivity contribution >= 4 is 12.0 Å². The smallest absolute Gasteiger partial charge is 0.164 e. The molecule has 3 rings (SSSR count). The van der Waals surface area contributed by atoms with E-state index in [-0.39, 0.29) is 11.7 Å². The Morgan fingerprint density at radius 2 is 2.33 bits per heavy atom. The van der Waals surface area contributed by atoms with Gasteiger partial charge in [0.05, 0.1) is 0 Å². The summed E-state index contributed by atoms with van der Waals surface area (Å²) in [7, 11) is 0. The Bertz CT molecular complexity index is 392. The molecule has 1 saturated heterocycles. The van der Waals surface area contributed by atoms with Gasteiger partial charge < -0.3 is 5.32 Å². The van der Waals surface area contributed by atoms with Gasteiger partial charge in [-0.25, -0.2) is 0 Å². The molecule has 0 amide bonds. The van der Waals surface area contributed by atoms with Crippen LogP contribution < -0.4 is 5.32 Å². The second-order valence-electron chi connectivity index (χ2n) is 4.43. The van der Waals surface area contributed by atoms with Gasteiger partial charge in [-0.1, -0.05) is 0 Å². The minimum atomic E-state index is 0.0821. The van der Waals surface area contributed by atoms with Crippen molar-refractivity contribution in [3.05, 3.63) is 23.4 Å². The number of carbonyl (C=O) groups excluding carboxylic acids is 1. The molecule has 0 spiro atoms. The van der Waals surface area contributed by atoms with E-state index >= 15 is 0 Å². The van der Waals surface area contributed by atoms with Crippen molar-refractivity contribution in [3.63, 3.8) is 0 Å². The molecule has 2 unspecified atom stereocenters. The molecule has 1 N–H and O–H groups in total. The molecule has 3 aliphatic rings. The summed E-state index contributed by atoms with van der Waals surface area (Å²) in [5.41, 5.74) is 2.61. The third kappa shape index (κ3) is 1.38. The summed E-state index contributed by atoms with van der Waals surface area (Å²) in [6.07, 6.45) is 7.24. The Morgan fingerprint density at radius 3 is 3.27 bits per heavy atom. The molecule has 1 aliphatic carbocycles. The van der Waals surface area contributed by atoms with Crippen LogP contribution in [-0.4, -0.2) is 25.1 Å². The van der Waals surface area contributed by atoms with Gasteiger partial charge in [0, 0.05) is 37.5 Å². The van der Waals surface area contributed by atoms with Gasteiger partial charge in [0.25, 0.3) is 0 Å². The van der Waals surface area contributed by atoms with Gasteiger partial charge in [-0.05, 0) is 29.9 Å². The zero-order valence-corrected chi connectivity index (χ0v) is 8.57. The molecule has 3 nitrogen and oxygen atoms in total. The van der Waals surface area contributed by atoms with Crippen LogP contribution in [0.4, 0.5) is 0 Å². The number of aliphatic imine (C=N–C) groups is 1. The maximum atomic E-state index is 11.8. The first-order valence-electron chi connectivity index (χ1n) is 5.53. The van der Waals surface area contributed by atoms with Gasteiger partial charge in [0.1, 0.15) is 0 Å². The van der Waals surface area contributed by atoms with Crippen molar-refractivity contribution in [3.8, 4) is 0 Å². The standard InChI is InChI=1S/C12H14N2O/c15-12-3-4-13-7-11-9(12)2-1-8-5-14-6-10(8)11/h3-4,7-9,14H,1-2,5-6H2. The first-order chi connectivity index (χ1) is 7.36. The van der Waals surface area contributed by atoms with Crippen molar-refractivity contribution in [2.45, 2.75) is 12.8 Å². The van der Waals surface area contributed by atoms with Gasteiger partial charge in [-0.3, -0.25) is 9.79 Å². The van der Waals surface area contributed by atoms with E-state index in [9.17, 15) is 4.79 Å². The van der Waals surface area contributed by atoms with Gasteiger partial charge in [0.15, 0.2) is 5.78 Å². The Morgan fingerprint density at radius 1 is 1.40 bits per heavy atom. The lowest BCUT2D eigenvalue weighted by Gasteiger charge is -2.26. The molecule has 78 valence electrons. The highest BCUT2D eigenvalue weighted by Gasteiger charge is 2.34. The molecule has 3 heteroatoms. The van der Waals surface area contributed by atoms with E-state index in [0.717, 1.165) is 25.9 Å². The summed E-state index contributed by atoms with van der Waals surface area (Å²) >= 11 is 0. The summed E-state index contributed by atoms with van der Waals surface area (Å²) < 4.78 is 0. The zero-order chi connectivity index (χ0) is 10.3. The fourth-order valence-corrected chi connectivity index (χ4v) is 2.83. The minimum Gasteiger partial charge on any atom is -0.312 e. The van der Waals surface area contributed by atoms with Crippen LogP contribution in [0, 0.1) is 11.8 Å². The number of nitrogens with zero attached hydrogens (tertiary/aromatic N) is 1. The van der Waals surface area contributed by atoms with Crippen LogP contribution in [0.15, 0.2) is 28.4 Å². The second-order valence-corrected chi connectivity index (χ2v) is 4.43. The maximum absolute atomic E-state index is 11.8. The third-order valence-corrected chi connectivity index (χ3v) is 3.63. The summed E-state index contributed by atoms with van der Waals surface area (Å²) in [6, 6.07) is 0. The Kier molecular flexibility index (Phi) is 2.06. The normalized spacial score (nSPS) is 34.0. The Balaban J connectivity index is 2.07. The topological polar surface area (TPSA) is 41.5 Å². The van der Waals surface area contributed by atoms with Crippen molar-refractivity contribution in [2.24, 2.45) is 16.8 Å². The molecule has 2 aliphatic heterocycles. The monoisotopic (exact) mass is 202 g/mol. The Labute approximate surface area is 89.0 Å². The third-order valence-electron chi connectivity index (χ3n) is 3.63. The highest BCUT2D eigenvalue weighted by molar-refractivity contribution is 6.01. The molecule has 1 fully saturated rings. The highest BCUT2D eigenvalue weighted by atomic mass is 16.1. The minimum absolute atomic E-state index is 0.0821. The van der Waals surface area contributed by atoms with E-state index in [1.165, 1.54) is 11.1 Å². The number of ketones is 1. The first-order valence-corrected chi connectivity index (χ1v) is 5.53. The lowest BCUT2D eigenvalue weighted by atomic mass is 9.76. The van der Waals surface area contributed by atoms with E-state index in [1.54, 1.807) is 12.3 Å². The quantitative estimate of drug-likeness (QED) is 0.638. The lowest BCUT2D eigenvalue weighted by molar-refractivity contribution is -0.117. The van der Waals surface area contributed by atoms with Gasteiger partial charge in [-0.15, -0.1) is 0 Å². The molecule has 2 atom stereocenters. The molecular weight excluding hydrogens is 188 g/mol. The van der Waals surface area contributed by atoms with Crippen LogP contribution in [0.3, 0.4) is 0 Å². The predicted octanol–water partition coefficient (Wildman–Crippen LogP) is 1.08. The molecule has 0 saturated carbocycles. The number of nitrogens with one attached hydrogen (secondary N) is 1. The van der Waals surface area contributed by atoms with Crippen molar-refractivity contribution in [1.82, 2.24) is 5.32 Å². The van der Waals surface area contributed by atoms with E-state index in [4.69, 9.17) is 0 Å². The first kappa shape index (κ1) is 9.04. The lowest BCUT2D eigenvalue weighted by Crippen LogP contribution is -2.24. The Hall–Kier alpha value is -1.22. The average molecular weight is 202 g/mol. The van der Waals surface area contributed by atoms with Crippen LogP contribution in [0.1, 0.15) is 12.8 Å². The molecular formula is C12H14N2O. The number of rotatable bonds is 0. The van der Waals surface area contributed by atoms with Crippen LogP contribution in [0.5, 0.6) is 0 Å². The van der Waals surface area contributed by atoms with E-state index in [1.807, 2.05) is 6.21 Å². The summed E-state index contributed by atoms with van der Waals surface area (Å²) in [4.78, 5) is 16.0. The molecule has 0 aromatic heterocycles. The van der Waals surface area contributed by atoms with Gasteiger partial charge in [-0.2, -0.15) is 0 Å². The van der Waals surface area contributed by atoms with Crippen LogP contribution >= 0.6 is 0 Å². The van der Waals surface area contributed by atoms with Crippen molar-refractivity contribution in [2.75, 3.05) is 13.1 Å².